The van der Waals surface area contributed by atoms with Gasteiger partial charge in [-0.3, -0.25) is 0 Å². The van der Waals surface area contributed by atoms with Crippen molar-refractivity contribution in [2.24, 2.45) is 0 Å². The molecular weight excluding hydrogens is 370 g/mol. The standard InChI is InChI=1S/C21H29N5OS/c1-26-10-7-21(27,8-11-26)19-5-4-18(28-19)17-6-9-22-20(25-17)24-16-12-14-2-3-15(13-16)23-14/h4-6,9,14-16,23,27H,2-3,7-8,10-13H2,1H3,(H,22,24,25)/t14-,15+,16+. The number of nitrogens with one attached hydrogen (secondary N) is 2. The Morgan fingerprint density at radius 1 is 1.18 bits per heavy atom. The zero-order valence-electron chi connectivity index (χ0n) is 16.4. The first-order valence-corrected chi connectivity index (χ1v) is 11.3. The van der Waals surface area contributed by atoms with Crippen molar-refractivity contribution in [1.29, 1.82) is 0 Å². The number of aromatic nitrogens is 2. The van der Waals surface area contributed by atoms with E-state index in [0.717, 1.165) is 60.2 Å². The second kappa shape index (κ2) is 7.37. The second-order valence-electron chi connectivity index (χ2n) is 8.71. The molecule has 2 aromatic heterocycles. The van der Waals surface area contributed by atoms with E-state index in [-0.39, 0.29) is 0 Å². The summed E-state index contributed by atoms with van der Waals surface area (Å²) in [4.78, 5) is 13.7. The molecule has 7 heteroatoms. The zero-order chi connectivity index (χ0) is 19.1. The normalized spacial score (nSPS) is 29.7. The summed E-state index contributed by atoms with van der Waals surface area (Å²) in [6.07, 6.45) is 8.30. The number of nitrogens with zero attached hydrogens (tertiary/aromatic N) is 3. The van der Waals surface area contributed by atoms with Gasteiger partial charge in [-0.2, -0.15) is 0 Å². The minimum atomic E-state index is -0.697. The molecule has 5 heterocycles. The van der Waals surface area contributed by atoms with Gasteiger partial charge in [-0.15, -0.1) is 11.3 Å². The number of likely N-dealkylation sites (tertiary alicyclic amines) is 1. The first kappa shape index (κ1) is 18.5. The zero-order valence-corrected chi connectivity index (χ0v) is 17.2. The van der Waals surface area contributed by atoms with Crippen LogP contribution in [0.4, 0.5) is 5.95 Å². The lowest BCUT2D eigenvalue weighted by molar-refractivity contribution is -0.0172. The molecule has 3 saturated heterocycles. The van der Waals surface area contributed by atoms with Crippen molar-refractivity contribution < 1.29 is 5.11 Å². The number of thiophene rings is 1. The van der Waals surface area contributed by atoms with Gasteiger partial charge < -0.3 is 20.6 Å². The smallest absolute Gasteiger partial charge is 0.223 e. The third-order valence-electron chi connectivity index (χ3n) is 6.59. The predicted molar refractivity (Wildman–Crippen MR) is 113 cm³/mol. The number of hydrogen-bond donors (Lipinski definition) is 3. The maximum atomic E-state index is 11.1. The van der Waals surface area contributed by atoms with Crippen molar-refractivity contribution >= 4 is 17.3 Å². The van der Waals surface area contributed by atoms with E-state index in [1.54, 1.807) is 11.3 Å². The van der Waals surface area contributed by atoms with Crippen molar-refractivity contribution in [2.45, 2.75) is 62.3 Å². The van der Waals surface area contributed by atoms with Crippen LogP contribution >= 0.6 is 11.3 Å². The van der Waals surface area contributed by atoms with Gasteiger partial charge in [0, 0.05) is 42.3 Å². The number of rotatable bonds is 4. The minimum Gasteiger partial charge on any atom is -0.384 e. The molecule has 28 heavy (non-hydrogen) atoms. The number of aliphatic hydroxyl groups is 1. The molecule has 0 radical (unpaired) electrons. The quantitative estimate of drug-likeness (QED) is 0.734. The Morgan fingerprint density at radius 2 is 1.93 bits per heavy atom. The molecule has 2 aromatic rings. The van der Waals surface area contributed by atoms with Crippen molar-refractivity contribution in [3.8, 4) is 10.6 Å². The predicted octanol–water partition coefficient (Wildman–Crippen LogP) is 2.81. The average molecular weight is 400 g/mol. The molecular formula is C21H29N5OS. The van der Waals surface area contributed by atoms with E-state index in [4.69, 9.17) is 4.98 Å². The maximum Gasteiger partial charge on any atom is 0.223 e. The van der Waals surface area contributed by atoms with E-state index >= 15 is 0 Å². The lowest BCUT2D eigenvalue weighted by atomic mass is 9.90. The van der Waals surface area contributed by atoms with Gasteiger partial charge in [0.25, 0.3) is 0 Å². The highest BCUT2D eigenvalue weighted by Gasteiger charge is 2.35. The molecule has 3 fully saturated rings. The molecule has 3 aliphatic rings. The first-order chi connectivity index (χ1) is 13.6. The van der Waals surface area contributed by atoms with Gasteiger partial charge in [0.2, 0.25) is 5.95 Å². The van der Waals surface area contributed by atoms with Crippen molar-refractivity contribution in [2.75, 3.05) is 25.5 Å². The van der Waals surface area contributed by atoms with E-state index < -0.39 is 5.60 Å². The lowest BCUT2D eigenvalue weighted by Gasteiger charge is -2.35. The van der Waals surface area contributed by atoms with E-state index in [1.807, 2.05) is 12.3 Å². The minimum absolute atomic E-state index is 0.452. The molecule has 0 unspecified atom stereocenters. The van der Waals surface area contributed by atoms with Crippen LogP contribution in [-0.2, 0) is 5.60 Å². The van der Waals surface area contributed by atoms with Gasteiger partial charge in [-0.25, -0.2) is 9.97 Å². The van der Waals surface area contributed by atoms with Crippen LogP contribution in [0.5, 0.6) is 0 Å². The topological polar surface area (TPSA) is 73.3 Å². The number of hydrogen-bond acceptors (Lipinski definition) is 7. The molecule has 6 nitrogen and oxygen atoms in total. The molecule has 0 saturated carbocycles. The molecule has 5 rings (SSSR count). The van der Waals surface area contributed by atoms with Crippen LogP contribution < -0.4 is 10.6 Å². The molecule has 3 aliphatic heterocycles. The van der Waals surface area contributed by atoms with Gasteiger partial charge in [-0.05, 0) is 63.8 Å². The fourth-order valence-corrected chi connectivity index (χ4v) is 6.01. The van der Waals surface area contributed by atoms with Crippen LogP contribution in [0.15, 0.2) is 24.4 Å². The summed E-state index contributed by atoms with van der Waals surface area (Å²) in [7, 11) is 2.11. The fourth-order valence-electron chi connectivity index (χ4n) is 4.88. The molecule has 0 spiro atoms. The van der Waals surface area contributed by atoms with Crippen LogP contribution in [-0.4, -0.2) is 58.2 Å². The number of anilines is 1. The van der Waals surface area contributed by atoms with Crippen molar-refractivity contribution in [1.82, 2.24) is 20.2 Å². The molecule has 0 aliphatic carbocycles. The van der Waals surface area contributed by atoms with Gasteiger partial charge in [-0.1, -0.05) is 0 Å². The molecule has 0 amide bonds. The Bertz CT molecular complexity index is 820. The van der Waals surface area contributed by atoms with Crippen LogP contribution in [0.3, 0.4) is 0 Å². The van der Waals surface area contributed by atoms with Crippen molar-refractivity contribution in [3.05, 3.63) is 29.3 Å². The first-order valence-electron chi connectivity index (χ1n) is 10.4. The third kappa shape index (κ3) is 3.68. The van der Waals surface area contributed by atoms with E-state index in [2.05, 4.69) is 39.7 Å². The van der Waals surface area contributed by atoms with Gasteiger partial charge in [0.1, 0.15) is 5.60 Å². The SMILES string of the molecule is CN1CCC(O)(c2ccc(-c3ccnc(N[C@H]4C[C@H]5CC[C@@H](C4)N5)n3)s2)CC1. The maximum absolute atomic E-state index is 11.1. The Hall–Kier alpha value is -1.54. The van der Waals surface area contributed by atoms with Crippen LogP contribution in [0, 0.1) is 0 Å². The number of piperidine rings is 2. The summed E-state index contributed by atoms with van der Waals surface area (Å²) >= 11 is 1.66. The molecule has 2 bridgehead atoms. The van der Waals surface area contributed by atoms with Gasteiger partial charge in [0.15, 0.2) is 0 Å². The van der Waals surface area contributed by atoms with Gasteiger partial charge >= 0.3 is 0 Å². The Labute approximate surface area is 170 Å². The van der Waals surface area contributed by atoms with Gasteiger partial charge in [0.05, 0.1) is 10.6 Å². The summed E-state index contributed by atoms with van der Waals surface area (Å²) in [5.74, 6) is 0.719. The summed E-state index contributed by atoms with van der Waals surface area (Å²) in [6.45, 7) is 1.87. The van der Waals surface area contributed by atoms with E-state index in [1.165, 1.54) is 12.8 Å². The monoisotopic (exact) mass is 399 g/mol. The lowest BCUT2D eigenvalue weighted by Crippen LogP contribution is -2.43. The fraction of sp³-hybridized carbons (Fsp3) is 0.619. The molecule has 3 atom stereocenters. The van der Waals surface area contributed by atoms with Crippen LogP contribution in [0.2, 0.25) is 0 Å². The summed E-state index contributed by atoms with van der Waals surface area (Å²) < 4.78 is 0. The number of fused-ring (bicyclic) bond motifs is 2. The van der Waals surface area contributed by atoms with E-state index in [9.17, 15) is 5.11 Å². The Balaban J connectivity index is 1.31. The average Bonchev–Trinajstić information content (AvgIpc) is 3.32. The van der Waals surface area contributed by atoms with Crippen molar-refractivity contribution in [3.63, 3.8) is 0 Å². The molecule has 3 N–H and O–H groups in total. The highest BCUT2D eigenvalue weighted by molar-refractivity contribution is 7.15. The Morgan fingerprint density at radius 3 is 2.68 bits per heavy atom. The molecule has 150 valence electrons. The highest BCUT2D eigenvalue weighted by Crippen LogP contribution is 2.39. The molecule has 0 aromatic carbocycles. The summed E-state index contributed by atoms with van der Waals surface area (Å²) in [5, 5.41) is 18.3. The highest BCUT2D eigenvalue weighted by atomic mass is 32.1. The summed E-state index contributed by atoms with van der Waals surface area (Å²) in [6, 6.07) is 7.88. The largest absolute Gasteiger partial charge is 0.384 e. The summed E-state index contributed by atoms with van der Waals surface area (Å²) in [5.41, 5.74) is 0.236. The third-order valence-corrected chi connectivity index (χ3v) is 7.89. The van der Waals surface area contributed by atoms with Crippen LogP contribution in [0.1, 0.15) is 43.4 Å². The Kier molecular flexibility index (Phi) is 4.87. The van der Waals surface area contributed by atoms with Crippen LogP contribution in [0.25, 0.3) is 10.6 Å². The second-order valence-corrected chi connectivity index (χ2v) is 9.80. The van der Waals surface area contributed by atoms with E-state index in [0.29, 0.717) is 18.1 Å².